The van der Waals surface area contributed by atoms with Crippen molar-refractivity contribution in [3.8, 4) is 0 Å². The van der Waals surface area contributed by atoms with Crippen LogP contribution in [0.25, 0.3) is 0 Å². The van der Waals surface area contributed by atoms with E-state index in [2.05, 4.69) is 22.9 Å². The number of halogens is 1. The Balaban J connectivity index is 0.00000312. The van der Waals surface area contributed by atoms with Gasteiger partial charge in [-0.15, -0.1) is 12.4 Å². The van der Waals surface area contributed by atoms with E-state index in [1.54, 1.807) is 0 Å². The first-order valence-electron chi connectivity index (χ1n) is 8.88. The van der Waals surface area contributed by atoms with Crippen LogP contribution in [-0.4, -0.2) is 38.0 Å². The fraction of sp³-hybridized carbons (Fsp3) is 0.579. The standard InChI is InChI=1S/C19H29N3O2.ClH/c1-14-5-7-16(8-6-14)19(24)22-11-10-21-18(23)12-15(2)17-4-3-9-20-13-17;/h5-8,15,17,20H,3-4,9-13H2,1-2H3,(H,21,23)(H,22,24);1H. The molecule has 0 bridgehead atoms. The van der Waals surface area contributed by atoms with Crippen LogP contribution >= 0.6 is 12.4 Å². The molecule has 1 aliphatic rings. The maximum atomic E-state index is 12.0. The molecule has 6 heteroatoms. The van der Waals surface area contributed by atoms with Crippen LogP contribution in [0.2, 0.25) is 0 Å². The second kappa shape index (κ2) is 11.1. The first-order valence-corrected chi connectivity index (χ1v) is 8.88. The van der Waals surface area contributed by atoms with E-state index in [0.29, 0.717) is 36.9 Å². The lowest BCUT2D eigenvalue weighted by Crippen LogP contribution is -2.37. The third-order valence-electron chi connectivity index (χ3n) is 4.69. The minimum Gasteiger partial charge on any atom is -0.354 e. The lowest BCUT2D eigenvalue weighted by molar-refractivity contribution is -0.122. The molecule has 0 aromatic heterocycles. The van der Waals surface area contributed by atoms with Crippen LogP contribution in [0.1, 0.15) is 42.1 Å². The minimum absolute atomic E-state index is 0. The quantitative estimate of drug-likeness (QED) is 0.647. The molecule has 25 heavy (non-hydrogen) atoms. The predicted molar refractivity (Wildman–Crippen MR) is 103 cm³/mol. The molecule has 0 saturated carbocycles. The Hall–Kier alpha value is -1.59. The van der Waals surface area contributed by atoms with Gasteiger partial charge in [0.05, 0.1) is 0 Å². The van der Waals surface area contributed by atoms with Crippen molar-refractivity contribution in [2.24, 2.45) is 11.8 Å². The van der Waals surface area contributed by atoms with E-state index >= 15 is 0 Å². The van der Waals surface area contributed by atoms with Gasteiger partial charge in [-0.25, -0.2) is 0 Å². The Morgan fingerprint density at radius 2 is 1.88 bits per heavy atom. The highest BCUT2D eigenvalue weighted by Gasteiger charge is 2.21. The Kier molecular flexibility index (Phi) is 9.53. The largest absolute Gasteiger partial charge is 0.354 e. The number of carbonyl (C=O) groups excluding carboxylic acids is 2. The summed E-state index contributed by atoms with van der Waals surface area (Å²) < 4.78 is 0. The molecular formula is C19H30ClN3O2. The summed E-state index contributed by atoms with van der Waals surface area (Å²) in [6, 6.07) is 7.45. The molecule has 2 atom stereocenters. The smallest absolute Gasteiger partial charge is 0.251 e. The average molecular weight is 368 g/mol. The van der Waals surface area contributed by atoms with Gasteiger partial charge in [0.2, 0.25) is 5.91 Å². The van der Waals surface area contributed by atoms with Crippen molar-refractivity contribution in [3.05, 3.63) is 35.4 Å². The van der Waals surface area contributed by atoms with Crippen molar-refractivity contribution in [1.82, 2.24) is 16.0 Å². The number of hydrogen-bond donors (Lipinski definition) is 3. The molecule has 3 N–H and O–H groups in total. The first-order chi connectivity index (χ1) is 11.6. The molecule has 1 aliphatic heterocycles. The second-order valence-corrected chi connectivity index (χ2v) is 6.76. The molecule has 1 heterocycles. The third kappa shape index (κ3) is 7.45. The fourth-order valence-electron chi connectivity index (χ4n) is 3.08. The van der Waals surface area contributed by atoms with E-state index < -0.39 is 0 Å². The van der Waals surface area contributed by atoms with E-state index in [1.807, 2.05) is 31.2 Å². The van der Waals surface area contributed by atoms with Crippen LogP contribution < -0.4 is 16.0 Å². The van der Waals surface area contributed by atoms with Crippen LogP contribution in [0, 0.1) is 18.8 Å². The second-order valence-electron chi connectivity index (χ2n) is 6.76. The van der Waals surface area contributed by atoms with Gasteiger partial charge in [0.15, 0.2) is 0 Å². The molecule has 0 spiro atoms. The number of rotatable bonds is 7. The zero-order chi connectivity index (χ0) is 17.4. The molecule has 0 aliphatic carbocycles. The van der Waals surface area contributed by atoms with Crippen molar-refractivity contribution in [2.45, 2.75) is 33.1 Å². The van der Waals surface area contributed by atoms with Gasteiger partial charge in [-0.3, -0.25) is 9.59 Å². The summed E-state index contributed by atoms with van der Waals surface area (Å²) in [5.41, 5.74) is 1.77. The number of benzene rings is 1. The van der Waals surface area contributed by atoms with Crippen LogP contribution in [0.5, 0.6) is 0 Å². The number of carbonyl (C=O) groups is 2. The first kappa shape index (κ1) is 21.5. The maximum Gasteiger partial charge on any atom is 0.251 e. The number of nitrogens with one attached hydrogen (secondary N) is 3. The van der Waals surface area contributed by atoms with Gasteiger partial charge in [0.25, 0.3) is 5.91 Å². The van der Waals surface area contributed by atoms with E-state index in [-0.39, 0.29) is 24.2 Å². The summed E-state index contributed by atoms with van der Waals surface area (Å²) >= 11 is 0. The Bertz CT molecular complexity index is 542. The molecule has 2 amide bonds. The molecule has 5 nitrogen and oxygen atoms in total. The Labute approximate surface area is 156 Å². The van der Waals surface area contributed by atoms with Crippen LogP contribution in [0.15, 0.2) is 24.3 Å². The topological polar surface area (TPSA) is 70.2 Å². The van der Waals surface area contributed by atoms with E-state index in [0.717, 1.165) is 18.7 Å². The molecule has 0 radical (unpaired) electrons. The molecular weight excluding hydrogens is 338 g/mol. The summed E-state index contributed by atoms with van der Waals surface area (Å²) in [5.74, 6) is 0.939. The van der Waals surface area contributed by atoms with Gasteiger partial charge in [-0.2, -0.15) is 0 Å². The SMILES string of the molecule is Cc1ccc(C(=O)NCCNC(=O)CC(C)C2CCCNC2)cc1.Cl. The van der Waals surface area contributed by atoms with Gasteiger partial charge >= 0.3 is 0 Å². The highest BCUT2D eigenvalue weighted by molar-refractivity contribution is 5.94. The monoisotopic (exact) mass is 367 g/mol. The number of hydrogen-bond acceptors (Lipinski definition) is 3. The van der Waals surface area contributed by atoms with E-state index in [9.17, 15) is 9.59 Å². The Morgan fingerprint density at radius 3 is 2.52 bits per heavy atom. The molecule has 1 saturated heterocycles. The van der Waals surface area contributed by atoms with Crippen molar-refractivity contribution < 1.29 is 9.59 Å². The predicted octanol–water partition coefficient (Wildman–Crippen LogP) is 2.29. The molecule has 1 aromatic carbocycles. The summed E-state index contributed by atoms with van der Waals surface area (Å²) in [6.45, 7) is 7.15. The van der Waals surface area contributed by atoms with Crippen LogP contribution in [-0.2, 0) is 4.79 Å². The zero-order valence-electron chi connectivity index (χ0n) is 15.1. The summed E-state index contributed by atoms with van der Waals surface area (Å²) in [6.07, 6.45) is 2.95. The van der Waals surface area contributed by atoms with E-state index in [4.69, 9.17) is 0 Å². The van der Waals surface area contributed by atoms with Crippen molar-refractivity contribution in [2.75, 3.05) is 26.2 Å². The lowest BCUT2D eigenvalue weighted by Gasteiger charge is -2.28. The van der Waals surface area contributed by atoms with Gasteiger partial charge in [0.1, 0.15) is 0 Å². The normalized spacial score (nSPS) is 17.9. The van der Waals surface area contributed by atoms with Gasteiger partial charge in [-0.05, 0) is 56.8 Å². The van der Waals surface area contributed by atoms with E-state index in [1.165, 1.54) is 12.8 Å². The molecule has 1 aromatic rings. The number of aryl methyl sites for hydroxylation is 1. The van der Waals surface area contributed by atoms with Gasteiger partial charge < -0.3 is 16.0 Å². The average Bonchev–Trinajstić information content (AvgIpc) is 2.60. The fourth-order valence-corrected chi connectivity index (χ4v) is 3.08. The molecule has 2 unspecified atom stereocenters. The van der Waals surface area contributed by atoms with Crippen LogP contribution in [0.3, 0.4) is 0 Å². The Morgan fingerprint density at radius 1 is 1.20 bits per heavy atom. The molecule has 140 valence electrons. The summed E-state index contributed by atoms with van der Waals surface area (Å²) in [5, 5.41) is 9.11. The zero-order valence-corrected chi connectivity index (χ0v) is 16.0. The summed E-state index contributed by atoms with van der Waals surface area (Å²) in [7, 11) is 0. The highest BCUT2D eigenvalue weighted by atomic mass is 35.5. The minimum atomic E-state index is -0.106. The van der Waals surface area contributed by atoms with Crippen LogP contribution in [0.4, 0.5) is 0 Å². The maximum absolute atomic E-state index is 12.0. The number of piperidine rings is 1. The number of amides is 2. The third-order valence-corrected chi connectivity index (χ3v) is 4.69. The highest BCUT2D eigenvalue weighted by Crippen LogP contribution is 2.22. The van der Waals surface area contributed by atoms with Crippen molar-refractivity contribution in [3.63, 3.8) is 0 Å². The van der Waals surface area contributed by atoms with Gasteiger partial charge in [0, 0.05) is 25.1 Å². The van der Waals surface area contributed by atoms with Crippen molar-refractivity contribution in [1.29, 1.82) is 0 Å². The van der Waals surface area contributed by atoms with Gasteiger partial charge in [-0.1, -0.05) is 24.6 Å². The molecule has 2 rings (SSSR count). The van der Waals surface area contributed by atoms with Crippen molar-refractivity contribution >= 4 is 24.2 Å². The lowest BCUT2D eigenvalue weighted by atomic mass is 9.85. The molecule has 1 fully saturated rings. The summed E-state index contributed by atoms with van der Waals surface area (Å²) in [4.78, 5) is 24.0.